The van der Waals surface area contributed by atoms with Gasteiger partial charge in [0.05, 0.1) is 30.4 Å². The van der Waals surface area contributed by atoms with E-state index in [1.807, 2.05) is 71.0 Å². The lowest BCUT2D eigenvalue weighted by atomic mass is 9.95. The molecule has 3 aromatic heterocycles. The minimum atomic E-state index is -4.54. The van der Waals surface area contributed by atoms with E-state index in [1.165, 1.54) is 60.7 Å². The zero-order valence-electron chi connectivity index (χ0n) is 79.5. The highest BCUT2D eigenvalue weighted by Gasteiger charge is 2.42. The number of likely N-dealkylation sites (tertiary alicyclic amines) is 1. The van der Waals surface area contributed by atoms with Crippen LogP contribution in [-0.2, 0) is 98.1 Å². The first-order valence-electron chi connectivity index (χ1n) is 46.8. The molecule has 0 saturated carbocycles. The second-order valence-corrected chi connectivity index (χ2v) is 36.8. The highest BCUT2D eigenvalue weighted by Crippen LogP contribution is 2.30. The van der Waals surface area contributed by atoms with Gasteiger partial charge in [0.25, 0.3) is 16.0 Å². The average Bonchev–Trinajstić information content (AvgIpc) is 1.43. The van der Waals surface area contributed by atoms with Crippen molar-refractivity contribution >= 4 is 126 Å². The maximum absolute atomic E-state index is 15.1. The molecule has 1 aliphatic rings. The van der Waals surface area contributed by atoms with E-state index < -0.39 is 153 Å². The molecule has 1 aliphatic heterocycles. The number of nitrogens with two attached hydrogens (primary N) is 1. The molecule has 0 radical (unpaired) electrons. The maximum Gasteiger partial charge on any atom is 0.326 e. The lowest BCUT2D eigenvalue weighted by molar-refractivity contribution is -0.142. The number of hydrogen-bond acceptors (Lipinski definition) is 24. The Hall–Kier alpha value is -14.4. The molecule has 0 aliphatic carbocycles. The number of hydrogen-bond donors (Lipinski definition) is 19. The number of anilines is 2. The van der Waals surface area contributed by atoms with Gasteiger partial charge >= 0.3 is 5.97 Å². The summed E-state index contributed by atoms with van der Waals surface area (Å²) in [7, 11) is -0.660. The lowest BCUT2D eigenvalue weighted by Crippen LogP contribution is -2.61. The van der Waals surface area contributed by atoms with E-state index in [2.05, 4.69) is 109 Å². The van der Waals surface area contributed by atoms with Gasteiger partial charge < -0.3 is 105 Å². The molecular weight excluding hydrogens is 1810 g/mol. The Bertz CT molecular complexity index is 5560. The zero-order valence-corrected chi connectivity index (χ0v) is 80.3. The van der Waals surface area contributed by atoms with Crippen LogP contribution < -0.4 is 79.8 Å². The average molecular weight is 1940 g/mol. The van der Waals surface area contributed by atoms with Crippen molar-refractivity contribution in [3.8, 4) is 0 Å². The molecule has 1 unspecified atom stereocenters. The molecule has 13 amide bonds. The number of H-pyrrole nitrogens is 3. The van der Waals surface area contributed by atoms with Crippen LogP contribution >= 0.6 is 0 Å². The summed E-state index contributed by atoms with van der Waals surface area (Å²) in [5, 5.41) is 55.7. The van der Waals surface area contributed by atoms with Crippen molar-refractivity contribution in [3.63, 3.8) is 0 Å². The van der Waals surface area contributed by atoms with E-state index in [0.717, 1.165) is 5.69 Å². The first-order valence-corrected chi connectivity index (χ1v) is 48.2. The summed E-state index contributed by atoms with van der Waals surface area (Å²) in [4.78, 5) is 223. The van der Waals surface area contributed by atoms with E-state index >= 15 is 9.59 Å². The standard InChI is InChI=1S/C96H130N24O18S/c1-9-60(6)85(94(132)115-77(49-65-52-98-55-105-65)87(125)104-42-18-28-83(122)108-72(88(126)110-73(96(134)135)24-13-14-40-97)38-39-82(121)102-44-43-101-71-25-15-23-70-69(71)22-16-27-81(70)139(136,137)138)116-92(130)75(47-59(4)5)112-89(127)74(46-58(2)3)111-91(129)78(50-66-53-99-56-106-66)113-90(128)76(48-61-20-11-10-12-21-61)114-93(131)80-26-19-45-120(80)95(133)79(51-67-54-100-57-107-67)109-84(123)29-17-41-103-86(124)62-30-32-63(33-31-62)117-118-64-34-36-68(37-35-64)119(7)8/h10-12,15-16,20-23,25,27,30-37,52-60,72-80,85,101H,9,13-14,17-19,24,26,28-29,38-51,97H2,1-8H3,(H,98,105)(H,99,106)(H,100,107)(H,102,121)(H,103,124)(H,104,125)(H,108,122)(H,109,123)(H,110,126)(H,111,129)(H,112,127)(H,113,128)(H,114,131)(H,115,132)(H,116,130)(H,134,135)(H,136,137,138)/t60?,72-,73-,74-,75-,76-,77-,78-,79-,80-,85-/m0/s1. The summed E-state index contributed by atoms with van der Waals surface area (Å²) < 4.78 is 33.9. The van der Waals surface area contributed by atoms with Gasteiger partial charge in [-0.15, -0.1) is 0 Å². The Balaban J connectivity index is 0.811. The highest BCUT2D eigenvalue weighted by atomic mass is 32.2. The molecule has 8 aromatic rings. The molecule has 1 saturated heterocycles. The summed E-state index contributed by atoms with van der Waals surface area (Å²) >= 11 is 0. The Kier molecular flexibility index (Phi) is 42.5. The van der Waals surface area contributed by atoms with Crippen molar-refractivity contribution in [1.82, 2.24) is 98.6 Å². The third-order valence-electron chi connectivity index (χ3n) is 23.4. The zero-order chi connectivity index (χ0) is 101. The Labute approximate surface area is 806 Å². The number of carbonyl (C=O) groups excluding carboxylic acids is 13. The van der Waals surface area contributed by atoms with Crippen LogP contribution in [0.1, 0.15) is 164 Å². The molecule has 748 valence electrons. The molecule has 11 atom stereocenters. The number of azo groups is 1. The van der Waals surface area contributed by atoms with Crippen molar-refractivity contribution in [3.05, 3.63) is 181 Å². The highest BCUT2D eigenvalue weighted by molar-refractivity contribution is 7.86. The van der Waals surface area contributed by atoms with Gasteiger partial charge in [0.1, 0.15) is 65.3 Å². The number of nitrogens with one attached hydrogen (secondary N) is 16. The molecule has 0 spiro atoms. The summed E-state index contributed by atoms with van der Waals surface area (Å²) in [6.45, 7) is 11.3. The van der Waals surface area contributed by atoms with Gasteiger partial charge in [0, 0.05) is 155 Å². The van der Waals surface area contributed by atoms with Gasteiger partial charge in [-0.3, -0.25) is 66.9 Å². The maximum atomic E-state index is 15.1. The third-order valence-corrected chi connectivity index (χ3v) is 24.3. The van der Waals surface area contributed by atoms with Gasteiger partial charge in [-0.25, -0.2) is 19.7 Å². The van der Waals surface area contributed by atoms with Gasteiger partial charge in [0.2, 0.25) is 70.9 Å². The predicted octanol–water partition coefficient (Wildman–Crippen LogP) is 4.83. The molecule has 20 N–H and O–H groups in total. The van der Waals surface area contributed by atoms with Gasteiger partial charge in [-0.2, -0.15) is 18.6 Å². The van der Waals surface area contributed by atoms with Crippen molar-refractivity contribution < 1.29 is 85.2 Å². The summed E-state index contributed by atoms with van der Waals surface area (Å²) in [5.74, 6) is -11.4. The van der Waals surface area contributed by atoms with E-state index in [1.54, 1.807) is 86.6 Å². The van der Waals surface area contributed by atoms with Crippen LogP contribution in [0.25, 0.3) is 10.8 Å². The monoisotopic (exact) mass is 1940 g/mol. The molecule has 5 aromatic carbocycles. The number of unbranched alkanes of at least 4 members (excludes halogenated alkanes) is 1. The first kappa shape index (κ1) is 108. The van der Waals surface area contributed by atoms with E-state index in [4.69, 9.17) is 5.73 Å². The first-order chi connectivity index (χ1) is 66.5. The molecule has 42 nitrogen and oxygen atoms in total. The van der Waals surface area contributed by atoms with E-state index in [0.29, 0.717) is 76.3 Å². The van der Waals surface area contributed by atoms with Crippen LogP contribution in [-0.4, -0.2) is 249 Å². The summed E-state index contributed by atoms with van der Waals surface area (Å²) in [6.07, 6.45) is 9.10. The number of nitrogens with zero attached hydrogens (tertiary/aromatic N) is 7. The number of carbonyl (C=O) groups is 14. The predicted molar refractivity (Wildman–Crippen MR) is 518 cm³/mol. The molecule has 9 rings (SSSR count). The van der Waals surface area contributed by atoms with Crippen LogP contribution in [0.2, 0.25) is 0 Å². The van der Waals surface area contributed by atoms with E-state index in [9.17, 15) is 75.6 Å². The lowest BCUT2D eigenvalue weighted by Gasteiger charge is -2.31. The Morgan fingerprint density at radius 1 is 0.496 bits per heavy atom. The number of benzene rings is 5. The smallest absolute Gasteiger partial charge is 0.326 e. The Morgan fingerprint density at radius 3 is 1.56 bits per heavy atom. The number of fused-ring (bicyclic) bond motifs is 1. The van der Waals surface area contributed by atoms with Crippen LogP contribution in [0.4, 0.5) is 22.7 Å². The molecule has 0 bridgehead atoms. The number of amides is 13. The van der Waals surface area contributed by atoms with Crippen LogP contribution in [0.15, 0.2) is 168 Å². The fourth-order valence-electron chi connectivity index (χ4n) is 15.7. The van der Waals surface area contributed by atoms with Gasteiger partial charge in [0.15, 0.2) is 0 Å². The topological polar surface area (TPSA) is 613 Å². The molecule has 139 heavy (non-hydrogen) atoms. The largest absolute Gasteiger partial charge is 0.480 e. The second kappa shape index (κ2) is 54.5. The van der Waals surface area contributed by atoms with Crippen molar-refractivity contribution in [2.45, 2.75) is 222 Å². The van der Waals surface area contributed by atoms with Crippen LogP contribution in [0.5, 0.6) is 0 Å². The van der Waals surface area contributed by atoms with Crippen molar-refractivity contribution in [2.24, 2.45) is 33.7 Å². The second-order valence-electron chi connectivity index (χ2n) is 35.4. The fraction of sp³-hybridized carbons (Fsp3) is 0.469. The number of aliphatic carboxylic acids is 1. The third kappa shape index (κ3) is 35.0. The number of carboxylic acid groups (broad SMARTS) is 1. The number of carboxylic acids is 1. The molecule has 43 heteroatoms. The van der Waals surface area contributed by atoms with Gasteiger partial charge in [-0.05, 0) is 155 Å². The van der Waals surface area contributed by atoms with Gasteiger partial charge in [-0.1, -0.05) is 103 Å². The quantitative estimate of drug-likeness (QED) is 0.0138. The number of rotatable bonds is 57. The minimum absolute atomic E-state index is 0.0148. The molecular formula is C96H130N24O18S. The summed E-state index contributed by atoms with van der Waals surface area (Å²) in [5.41, 5.74) is 10.7. The minimum Gasteiger partial charge on any atom is -0.480 e. The number of aromatic nitrogens is 6. The van der Waals surface area contributed by atoms with Crippen molar-refractivity contribution in [2.75, 3.05) is 63.6 Å². The van der Waals surface area contributed by atoms with Crippen molar-refractivity contribution in [1.29, 1.82) is 0 Å². The fourth-order valence-corrected chi connectivity index (χ4v) is 16.4. The van der Waals surface area contributed by atoms with E-state index in [-0.39, 0.29) is 157 Å². The molecule has 4 heterocycles. The Morgan fingerprint density at radius 2 is 1.01 bits per heavy atom. The number of imidazole rings is 3. The number of aromatic amines is 3. The summed E-state index contributed by atoms with van der Waals surface area (Å²) in [6, 6.07) is 18.8. The van der Waals surface area contributed by atoms with Crippen LogP contribution in [0, 0.1) is 17.8 Å². The molecule has 1 fully saturated rings. The normalized spacial score (nSPS) is 14.7. The SMILES string of the molecule is CCC(C)[C@H](NC(=O)[C@H](CC(C)C)NC(=O)[C@H](CC(C)C)NC(=O)[C@H](Cc1cnc[nH]1)NC(=O)[C@H](Cc1ccccc1)NC(=O)[C@@H]1CCCN1C(=O)[C@H](Cc1cnc[nH]1)NC(=O)CCCNC(=O)c1ccc(N=Nc2ccc(N(C)C)cc2)cc1)C(=O)N[C@@H](Cc1cnc[nH]1)C(=O)NCCCC(=O)N[C@@H](CCC(=O)NCCNc1cccc2c(S(=O)(=O)O)cccc12)C(=O)N[C@@H](CCCCN)C(=O)O. The van der Waals surface area contributed by atoms with Crippen LogP contribution in [0.3, 0.4) is 0 Å².